The number of rotatable bonds is 8. The number of aromatic amines is 1. The number of halogens is 4. The number of hydrogen-bond acceptors (Lipinski definition) is 8. The van der Waals surface area contributed by atoms with Gasteiger partial charge in [0.25, 0.3) is 5.91 Å². The van der Waals surface area contributed by atoms with Crippen LogP contribution in [0.3, 0.4) is 0 Å². The van der Waals surface area contributed by atoms with Crippen molar-refractivity contribution in [2.24, 2.45) is 4.99 Å². The summed E-state index contributed by atoms with van der Waals surface area (Å²) in [6, 6.07) is 4.17. The molecule has 16 heteroatoms. The first-order valence-electron chi connectivity index (χ1n) is 11.8. The van der Waals surface area contributed by atoms with Gasteiger partial charge in [-0.15, -0.1) is 0 Å². The zero-order valence-electron chi connectivity index (χ0n) is 20.5. The number of benzene rings is 2. The minimum Gasteiger partial charge on any atom is -0.481 e. The van der Waals surface area contributed by atoms with Crippen LogP contribution in [0.25, 0.3) is 10.9 Å². The third-order valence-electron chi connectivity index (χ3n) is 5.81. The predicted molar refractivity (Wildman–Crippen MR) is 138 cm³/mol. The van der Waals surface area contributed by atoms with Gasteiger partial charge in [0.1, 0.15) is 0 Å². The van der Waals surface area contributed by atoms with E-state index in [1.54, 1.807) is 0 Å². The first-order chi connectivity index (χ1) is 18.9. The molecule has 0 saturated heterocycles. The molecule has 0 spiro atoms. The number of guanidine groups is 1. The number of aliphatic imine (C=N–C) groups is 1. The Labute approximate surface area is 229 Å². The second kappa shape index (κ2) is 11.8. The Morgan fingerprint density at radius 2 is 1.95 bits per heavy atom. The average Bonchev–Trinajstić information content (AvgIpc) is 3.36. The van der Waals surface area contributed by atoms with Crippen molar-refractivity contribution in [3.8, 4) is 0 Å². The molecule has 7 N–H and O–H groups in total. The smallest absolute Gasteiger partial charge is 0.416 e. The third-order valence-corrected chi connectivity index (χ3v) is 6.03. The molecule has 0 aliphatic carbocycles. The lowest BCUT2D eigenvalue weighted by atomic mass is 10.0. The molecule has 4 rings (SSSR count). The van der Waals surface area contributed by atoms with Crippen LogP contribution in [-0.2, 0) is 15.8 Å². The molecule has 0 fully saturated rings. The highest BCUT2D eigenvalue weighted by atomic mass is 35.5. The van der Waals surface area contributed by atoms with E-state index in [4.69, 9.17) is 11.6 Å². The molecule has 2 atom stereocenters. The Bertz CT molecular complexity index is 1480. The van der Waals surface area contributed by atoms with Gasteiger partial charge in [-0.3, -0.25) is 24.5 Å². The maximum absolute atomic E-state index is 13.2. The van der Waals surface area contributed by atoms with E-state index < -0.39 is 54.6 Å². The average molecular weight is 582 g/mol. The molecule has 1 unspecified atom stereocenters. The largest absolute Gasteiger partial charge is 0.481 e. The van der Waals surface area contributed by atoms with E-state index in [0.29, 0.717) is 34.7 Å². The van der Waals surface area contributed by atoms with Gasteiger partial charge in [-0.25, -0.2) is 0 Å². The topological polar surface area (TPSA) is 181 Å². The number of fused-ring (bicyclic) bond motifs is 1. The highest BCUT2D eigenvalue weighted by Gasteiger charge is 2.32. The van der Waals surface area contributed by atoms with Crippen molar-refractivity contribution in [3.05, 3.63) is 58.2 Å². The van der Waals surface area contributed by atoms with E-state index >= 15 is 0 Å². The van der Waals surface area contributed by atoms with Crippen molar-refractivity contribution < 1.29 is 37.8 Å². The normalized spacial score (nSPS) is 16.0. The van der Waals surface area contributed by atoms with Crippen LogP contribution in [0.4, 0.5) is 18.9 Å². The second-order valence-electron chi connectivity index (χ2n) is 8.88. The quantitative estimate of drug-likeness (QED) is 0.211. The molecular weight excluding hydrogens is 559 g/mol. The van der Waals surface area contributed by atoms with E-state index in [1.165, 1.54) is 18.3 Å². The summed E-state index contributed by atoms with van der Waals surface area (Å²) < 4.78 is 39.7. The molecule has 2 aromatic carbocycles. The molecule has 1 aromatic heterocycles. The summed E-state index contributed by atoms with van der Waals surface area (Å²) in [5, 5.41) is 36.6. The first kappa shape index (κ1) is 28.6. The highest BCUT2D eigenvalue weighted by Crippen LogP contribution is 2.34. The fourth-order valence-electron chi connectivity index (χ4n) is 3.94. The molecule has 40 heavy (non-hydrogen) atoms. The lowest BCUT2D eigenvalue weighted by molar-refractivity contribution is -0.138. The number of nitrogens with one attached hydrogen (secondary N) is 5. The number of anilines is 1. The maximum Gasteiger partial charge on any atom is 0.416 e. The van der Waals surface area contributed by atoms with Crippen LogP contribution in [0.5, 0.6) is 0 Å². The number of aliphatic hydroxyl groups excluding tert-OH is 1. The fourth-order valence-corrected chi connectivity index (χ4v) is 4.18. The number of carboxylic acids is 1. The summed E-state index contributed by atoms with van der Waals surface area (Å²) in [6.45, 7) is -0.127. The predicted octanol–water partition coefficient (Wildman–Crippen LogP) is 2.03. The van der Waals surface area contributed by atoms with Gasteiger partial charge in [0.15, 0.2) is 5.96 Å². The summed E-state index contributed by atoms with van der Waals surface area (Å²) >= 11 is 5.81. The van der Waals surface area contributed by atoms with Crippen molar-refractivity contribution >= 4 is 51.9 Å². The van der Waals surface area contributed by atoms with Gasteiger partial charge in [0.05, 0.1) is 54.6 Å². The molecule has 1 aliphatic rings. The van der Waals surface area contributed by atoms with Crippen LogP contribution in [0, 0.1) is 0 Å². The fraction of sp³-hybridized carbons (Fsp3) is 0.292. The van der Waals surface area contributed by atoms with Gasteiger partial charge in [0.2, 0.25) is 5.91 Å². The van der Waals surface area contributed by atoms with Crippen LogP contribution >= 0.6 is 11.6 Å². The van der Waals surface area contributed by atoms with E-state index in [1.807, 2.05) is 0 Å². The standard InChI is InChI=1S/C24H23ClF3N7O5/c25-14-2-11(1-13(5-14)24(26,27)28)17(6-21(38)39)33-20(37)10-29-22(40)12-3-18(16-9-32-35-19(16)4-12)34-23-30-7-15(36)8-31-23/h1-5,9,15,17,36H,6-8,10H2,(H,29,40)(H,32,35)(H,33,37)(H,38,39)(H2,30,31,34)/t17-/m0/s1. The van der Waals surface area contributed by atoms with Crippen LogP contribution < -0.4 is 21.3 Å². The number of alkyl halides is 3. The summed E-state index contributed by atoms with van der Waals surface area (Å²) in [6.07, 6.45) is -4.55. The molecule has 2 heterocycles. The van der Waals surface area contributed by atoms with Gasteiger partial charge < -0.3 is 31.5 Å². The highest BCUT2D eigenvalue weighted by molar-refractivity contribution is 6.30. The molecule has 12 nitrogen and oxygen atoms in total. The summed E-state index contributed by atoms with van der Waals surface area (Å²) in [4.78, 5) is 41.0. The molecule has 0 saturated carbocycles. The third kappa shape index (κ3) is 7.18. The Morgan fingerprint density at radius 1 is 1.18 bits per heavy atom. The second-order valence-corrected chi connectivity index (χ2v) is 9.31. The molecule has 0 radical (unpaired) electrons. The minimum atomic E-state index is -4.74. The summed E-state index contributed by atoms with van der Waals surface area (Å²) in [7, 11) is 0. The number of aliphatic hydroxyl groups is 1. The van der Waals surface area contributed by atoms with Crippen molar-refractivity contribution in [2.75, 3.05) is 25.0 Å². The molecule has 212 valence electrons. The zero-order valence-corrected chi connectivity index (χ0v) is 21.2. The van der Waals surface area contributed by atoms with Crippen molar-refractivity contribution in [3.63, 3.8) is 0 Å². The summed E-state index contributed by atoms with van der Waals surface area (Å²) in [5.74, 6) is -2.50. The Hall–Kier alpha value is -4.37. The van der Waals surface area contributed by atoms with Crippen LogP contribution in [0.2, 0.25) is 5.02 Å². The Balaban J connectivity index is 1.46. The van der Waals surface area contributed by atoms with Gasteiger partial charge in [-0.1, -0.05) is 11.6 Å². The number of carbonyl (C=O) groups excluding carboxylic acids is 2. The lowest BCUT2D eigenvalue weighted by Crippen LogP contribution is -2.42. The van der Waals surface area contributed by atoms with Gasteiger partial charge in [0, 0.05) is 22.5 Å². The van der Waals surface area contributed by atoms with Crippen molar-refractivity contribution in [1.82, 2.24) is 26.1 Å². The van der Waals surface area contributed by atoms with E-state index in [0.717, 1.165) is 6.07 Å². The molecule has 2 amide bonds. The van der Waals surface area contributed by atoms with Crippen LogP contribution in [0.1, 0.15) is 33.9 Å². The molecular formula is C24H23ClF3N7O5. The maximum atomic E-state index is 13.2. The Kier molecular flexibility index (Phi) is 8.44. The van der Waals surface area contributed by atoms with E-state index in [9.17, 15) is 37.8 Å². The number of aromatic nitrogens is 2. The lowest BCUT2D eigenvalue weighted by Gasteiger charge is -2.20. The number of carbonyl (C=O) groups is 3. The number of hydrogen-bond donors (Lipinski definition) is 7. The van der Waals surface area contributed by atoms with Crippen molar-refractivity contribution in [1.29, 1.82) is 0 Å². The first-order valence-corrected chi connectivity index (χ1v) is 12.1. The van der Waals surface area contributed by atoms with Crippen molar-refractivity contribution in [2.45, 2.75) is 24.7 Å². The number of carboxylic acid groups (broad SMARTS) is 1. The van der Waals surface area contributed by atoms with Crippen LogP contribution in [0.15, 0.2) is 41.5 Å². The number of amides is 2. The Morgan fingerprint density at radius 3 is 2.62 bits per heavy atom. The van der Waals surface area contributed by atoms with Crippen LogP contribution in [-0.4, -0.2) is 69.9 Å². The van der Waals surface area contributed by atoms with Gasteiger partial charge >= 0.3 is 12.1 Å². The monoisotopic (exact) mass is 581 g/mol. The molecule has 1 aliphatic heterocycles. The summed E-state index contributed by atoms with van der Waals surface area (Å²) in [5.41, 5.74) is -0.160. The zero-order chi connectivity index (χ0) is 29.0. The number of nitrogens with zero attached hydrogens (tertiary/aromatic N) is 2. The molecule has 0 bridgehead atoms. The van der Waals surface area contributed by atoms with E-state index in [2.05, 4.69) is 36.5 Å². The van der Waals surface area contributed by atoms with E-state index in [-0.39, 0.29) is 29.2 Å². The number of H-pyrrole nitrogens is 1. The van der Waals surface area contributed by atoms with Gasteiger partial charge in [-0.2, -0.15) is 18.3 Å². The number of β-amino-alcohol motifs (C(OH)–C–C–N with tert-alkyl or cyclic N) is 1. The molecule has 3 aromatic rings. The minimum absolute atomic E-state index is 0.134. The van der Waals surface area contributed by atoms with Gasteiger partial charge in [-0.05, 0) is 35.9 Å². The SMILES string of the molecule is O=C(O)C[C@H](NC(=O)CNC(=O)c1cc(NC2=NCC(O)CN2)c2cn[nH]c2c1)c1cc(Cl)cc(C(F)(F)F)c1. The number of aliphatic carboxylic acids is 1.